The Labute approximate surface area is 128 Å². The molecular formula is C16H31NO2S. The van der Waals surface area contributed by atoms with Gasteiger partial charge in [-0.1, -0.05) is 19.8 Å². The van der Waals surface area contributed by atoms with E-state index < -0.39 is 5.54 Å². The predicted molar refractivity (Wildman–Crippen MR) is 87.2 cm³/mol. The van der Waals surface area contributed by atoms with Gasteiger partial charge in [-0.15, -0.1) is 0 Å². The third-order valence-electron chi connectivity index (χ3n) is 3.83. The van der Waals surface area contributed by atoms with Gasteiger partial charge in [-0.05, 0) is 46.5 Å². The highest BCUT2D eigenvalue weighted by Crippen LogP contribution is 2.33. The predicted octanol–water partition coefficient (Wildman–Crippen LogP) is 3.62. The van der Waals surface area contributed by atoms with Gasteiger partial charge in [-0.25, -0.2) is 0 Å². The van der Waals surface area contributed by atoms with E-state index in [4.69, 9.17) is 4.74 Å². The Hall–Kier alpha value is -0.220. The first-order valence-electron chi connectivity index (χ1n) is 7.94. The van der Waals surface area contributed by atoms with Crippen LogP contribution in [0.5, 0.6) is 0 Å². The molecule has 0 aromatic carbocycles. The fraction of sp³-hybridized carbons (Fsp3) is 0.938. The lowest BCUT2D eigenvalue weighted by Crippen LogP contribution is -2.55. The number of hydrogen-bond acceptors (Lipinski definition) is 4. The van der Waals surface area contributed by atoms with Crippen molar-refractivity contribution in [3.05, 3.63) is 0 Å². The van der Waals surface area contributed by atoms with E-state index in [0.717, 1.165) is 11.7 Å². The van der Waals surface area contributed by atoms with Crippen molar-refractivity contribution in [3.8, 4) is 0 Å². The molecule has 0 spiro atoms. The molecule has 1 saturated carbocycles. The van der Waals surface area contributed by atoms with E-state index in [0.29, 0.717) is 11.9 Å². The fourth-order valence-electron chi connectivity index (χ4n) is 2.90. The number of carbonyl (C=O) groups is 1. The number of carbonyl (C=O) groups excluding carboxylic acids is 1. The lowest BCUT2D eigenvalue weighted by Gasteiger charge is -2.33. The quantitative estimate of drug-likeness (QED) is 0.729. The summed E-state index contributed by atoms with van der Waals surface area (Å²) < 4.78 is 5.25. The molecule has 1 fully saturated rings. The molecule has 1 N–H and O–H groups in total. The molecule has 118 valence electrons. The van der Waals surface area contributed by atoms with Gasteiger partial charge in [0.25, 0.3) is 0 Å². The molecule has 1 aliphatic carbocycles. The van der Waals surface area contributed by atoms with Crippen molar-refractivity contribution in [3.63, 3.8) is 0 Å². The van der Waals surface area contributed by atoms with Crippen LogP contribution in [-0.2, 0) is 9.53 Å². The van der Waals surface area contributed by atoms with Crippen LogP contribution in [0.25, 0.3) is 0 Å². The van der Waals surface area contributed by atoms with E-state index in [-0.39, 0.29) is 12.0 Å². The maximum atomic E-state index is 12.2. The monoisotopic (exact) mass is 301 g/mol. The molecule has 0 aromatic heterocycles. The van der Waals surface area contributed by atoms with Gasteiger partial charge < -0.3 is 4.74 Å². The van der Waals surface area contributed by atoms with Crippen LogP contribution < -0.4 is 5.32 Å². The number of thioether (sulfide) groups is 1. The van der Waals surface area contributed by atoms with Crippen molar-refractivity contribution in [2.24, 2.45) is 5.92 Å². The van der Waals surface area contributed by atoms with Crippen LogP contribution in [0.2, 0.25) is 0 Å². The molecule has 1 rings (SSSR count). The van der Waals surface area contributed by atoms with Crippen molar-refractivity contribution in [1.29, 1.82) is 0 Å². The van der Waals surface area contributed by atoms with Crippen LogP contribution in [0.3, 0.4) is 0 Å². The van der Waals surface area contributed by atoms with Crippen LogP contribution in [0, 0.1) is 5.92 Å². The molecule has 0 radical (unpaired) electrons. The number of rotatable bonds is 7. The average Bonchev–Trinajstić information content (AvgIpc) is 2.36. The van der Waals surface area contributed by atoms with Gasteiger partial charge in [0, 0.05) is 17.0 Å². The molecule has 4 heteroatoms. The third-order valence-corrected chi connectivity index (χ3v) is 5.47. The van der Waals surface area contributed by atoms with E-state index in [2.05, 4.69) is 26.1 Å². The summed E-state index contributed by atoms with van der Waals surface area (Å²) in [4.78, 5) is 12.2. The highest BCUT2D eigenvalue weighted by molar-refractivity contribution is 8.00. The molecule has 0 amide bonds. The van der Waals surface area contributed by atoms with E-state index in [1.165, 1.54) is 25.7 Å². The average molecular weight is 301 g/mol. The van der Waals surface area contributed by atoms with E-state index in [1.807, 2.05) is 25.6 Å². The Morgan fingerprint density at radius 1 is 1.45 bits per heavy atom. The molecule has 3 unspecified atom stereocenters. The number of hydrogen-bond donors (Lipinski definition) is 1. The van der Waals surface area contributed by atoms with Crippen LogP contribution in [0.4, 0.5) is 0 Å². The lowest BCUT2D eigenvalue weighted by atomic mass is 9.91. The minimum atomic E-state index is -0.574. The van der Waals surface area contributed by atoms with Crippen molar-refractivity contribution < 1.29 is 9.53 Å². The SMILES string of the molecule is CCOC(=O)C(C)(CSC1CCCC(C)C1)NC(C)C. The number of esters is 1. The van der Waals surface area contributed by atoms with Crippen LogP contribution in [-0.4, -0.2) is 35.2 Å². The molecule has 3 nitrogen and oxygen atoms in total. The standard InChI is InChI=1S/C16H31NO2S/c1-6-19-15(18)16(5,17-12(2)3)11-20-14-9-7-8-13(4)10-14/h12-14,17H,6-11H2,1-5H3. The number of nitrogens with one attached hydrogen (secondary N) is 1. The second kappa shape index (κ2) is 8.28. The molecule has 0 bridgehead atoms. The van der Waals surface area contributed by atoms with Crippen LogP contribution in [0.1, 0.15) is 60.3 Å². The minimum Gasteiger partial charge on any atom is -0.465 e. The summed E-state index contributed by atoms with van der Waals surface area (Å²) in [6.07, 6.45) is 5.25. The second-order valence-electron chi connectivity index (χ2n) is 6.56. The molecular weight excluding hydrogens is 270 g/mol. The van der Waals surface area contributed by atoms with Gasteiger partial charge >= 0.3 is 5.97 Å². The van der Waals surface area contributed by atoms with E-state index >= 15 is 0 Å². The highest BCUT2D eigenvalue weighted by Gasteiger charge is 2.36. The zero-order valence-corrected chi connectivity index (χ0v) is 14.5. The molecule has 20 heavy (non-hydrogen) atoms. The summed E-state index contributed by atoms with van der Waals surface area (Å²) in [5.74, 6) is 1.50. The normalized spacial score (nSPS) is 26.3. The maximum Gasteiger partial charge on any atom is 0.326 e. The Morgan fingerprint density at radius 2 is 2.15 bits per heavy atom. The van der Waals surface area contributed by atoms with Gasteiger partial charge in [0.15, 0.2) is 0 Å². The summed E-state index contributed by atoms with van der Waals surface area (Å²) in [7, 11) is 0. The topological polar surface area (TPSA) is 38.3 Å². The fourth-order valence-corrected chi connectivity index (χ4v) is 4.47. The van der Waals surface area contributed by atoms with Gasteiger partial charge in [-0.2, -0.15) is 11.8 Å². The van der Waals surface area contributed by atoms with Crippen molar-refractivity contribution in [2.75, 3.05) is 12.4 Å². The summed E-state index contributed by atoms with van der Waals surface area (Å²) in [6.45, 7) is 10.8. The molecule has 0 heterocycles. The van der Waals surface area contributed by atoms with Crippen molar-refractivity contribution >= 4 is 17.7 Å². The number of ether oxygens (including phenoxy) is 1. The Kier molecular flexibility index (Phi) is 7.38. The summed E-state index contributed by atoms with van der Waals surface area (Å²) >= 11 is 1.94. The smallest absolute Gasteiger partial charge is 0.326 e. The van der Waals surface area contributed by atoms with Gasteiger partial charge in [0.2, 0.25) is 0 Å². The van der Waals surface area contributed by atoms with Gasteiger partial charge in [-0.3, -0.25) is 10.1 Å². The first-order valence-corrected chi connectivity index (χ1v) is 8.98. The zero-order chi connectivity index (χ0) is 15.2. The molecule has 1 aliphatic rings. The molecule has 0 aliphatic heterocycles. The minimum absolute atomic E-state index is 0.120. The third kappa shape index (κ3) is 5.65. The second-order valence-corrected chi connectivity index (χ2v) is 7.85. The van der Waals surface area contributed by atoms with Crippen LogP contribution in [0.15, 0.2) is 0 Å². The molecule has 3 atom stereocenters. The van der Waals surface area contributed by atoms with E-state index in [9.17, 15) is 4.79 Å². The summed E-state index contributed by atoms with van der Waals surface area (Å²) in [5, 5.41) is 4.09. The zero-order valence-electron chi connectivity index (χ0n) is 13.7. The Balaban J connectivity index is 2.57. The maximum absolute atomic E-state index is 12.2. The van der Waals surface area contributed by atoms with Gasteiger partial charge in [0.1, 0.15) is 5.54 Å². The van der Waals surface area contributed by atoms with Crippen molar-refractivity contribution in [2.45, 2.75) is 77.1 Å². The Morgan fingerprint density at radius 3 is 2.70 bits per heavy atom. The Bertz CT molecular complexity index is 309. The highest BCUT2D eigenvalue weighted by atomic mass is 32.2. The van der Waals surface area contributed by atoms with Crippen molar-refractivity contribution in [1.82, 2.24) is 5.32 Å². The largest absolute Gasteiger partial charge is 0.465 e. The van der Waals surface area contributed by atoms with Gasteiger partial charge in [0.05, 0.1) is 6.61 Å². The first kappa shape index (κ1) is 17.8. The van der Waals surface area contributed by atoms with E-state index in [1.54, 1.807) is 0 Å². The van der Waals surface area contributed by atoms with Crippen LogP contribution >= 0.6 is 11.8 Å². The molecule has 0 saturated heterocycles. The first-order chi connectivity index (χ1) is 9.37. The summed E-state index contributed by atoms with van der Waals surface area (Å²) in [5.41, 5.74) is -0.574. The lowest BCUT2D eigenvalue weighted by molar-refractivity contribution is -0.149. The molecule has 0 aromatic rings. The summed E-state index contributed by atoms with van der Waals surface area (Å²) in [6, 6.07) is 0.273.